The summed E-state index contributed by atoms with van der Waals surface area (Å²) >= 11 is 0. The van der Waals surface area contributed by atoms with Gasteiger partial charge < -0.3 is 19.5 Å². The molecule has 0 unspecified atom stereocenters. The van der Waals surface area contributed by atoms with Crippen LogP contribution in [0, 0.1) is 5.92 Å². The highest BCUT2D eigenvalue weighted by molar-refractivity contribution is 5.59. The molecule has 164 valence electrons. The predicted molar refractivity (Wildman–Crippen MR) is 118 cm³/mol. The maximum Gasteiger partial charge on any atom is 0.511 e. The molecule has 0 radical (unpaired) electrons. The molecule has 0 aromatic heterocycles. The summed E-state index contributed by atoms with van der Waals surface area (Å²) in [5.41, 5.74) is 4.33. The summed E-state index contributed by atoms with van der Waals surface area (Å²) in [4.78, 5) is 11.9. The van der Waals surface area contributed by atoms with E-state index in [1.165, 1.54) is 43.2 Å². The lowest BCUT2D eigenvalue weighted by Gasteiger charge is -2.56. The first kappa shape index (κ1) is 20.4. The molecule has 3 atom stereocenters. The average molecular weight is 422 g/mol. The van der Waals surface area contributed by atoms with Crippen LogP contribution in [0.2, 0.25) is 0 Å². The number of benzene rings is 2. The van der Waals surface area contributed by atoms with Crippen molar-refractivity contribution in [2.45, 2.75) is 56.4 Å². The van der Waals surface area contributed by atoms with Crippen LogP contribution >= 0.6 is 0 Å². The zero-order valence-electron chi connectivity index (χ0n) is 18.0. The number of rotatable bonds is 6. The molecule has 2 aromatic carbocycles. The molecule has 31 heavy (non-hydrogen) atoms. The number of hydrogen-bond donors (Lipinski definition) is 1. The highest BCUT2D eigenvalue weighted by Gasteiger charge is 2.51. The van der Waals surface area contributed by atoms with Crippen molar-refractivity contribution in [3.63, 3.8) is 0 Å². The third-order valence-electron chi connectivity index (χ3n) is 7.47. The number of piperidine rings is 1. The van der Waals surface area contributed by atoms with Crippen molar-refractivity contribution in [2.24, 2.45) is 5.92 Å². The van der Waals surface area contributed by atoms with Gasteiger partial charge in [0, 0.05) is 17.9 Å². The molecule has 0 amide bonds. The van der Waals surface area contributed by atoms with Gasteiger partial charge in [-0.3, -0.25) is 0 Å². The van der Waals surface area contributed by atoms with E-state index >= 15 is 0 Å². The fourth-order valence-corrected chi connectivity index (χ4v) is 6.08. The minimum atomic E-state index is -0.693. The van der Waals surface area contributed by atoms with Crippen molar-refractivity contribution >= 4 is 6.16 Å². The van der Waals surface area contributed by atoms with Crippen LogP contribution < -0.4 is 10.1 Å². The summed E-state index contributed by atoms with van der Waals surface area (Å²) in [5, 5.41) is 3.77. The molecule has 5 heteroatoms. The first-order chi connectivity index (χ1) is 15.2. The van der Waals surface area contributed by atoms with Gasteiger partial charge >= 0.3 is 6.16 Å². The van der Waals surface area contributed by atoms with E-state index in [4.69, 9.17) is 14.2 Å². The number of carbonyl (C=O) groups is 1. The average Bonchev–Trinajstić information content (AvgIpc) is 2.80. The van der Waals surface area contributed by atoms with Crippen molar-refractivity contribution in [2.75, 3.05) is 19.9 Å². The number of ether oxygens (including phenoxy) is 3. The number of carbonyl (C=O) groups excluding carboxylic acids is 1. The Balaban J connectivity index is 1.17. The van der Waals surface area contributed by atoms with Gasteiger partial charge in [0.2, 0.25) is 6.79 Å². The molecule has 1 saturated heterocycles. The van der Waals surface area contributed by atoms with Crippen molar-refractivity contribution < 1.29 is 19.0 Å². The Labute approximate surface area is 184 Å². The highest BCUT2D eigenvalue weighted by atomic mass is 16.8. The molecule has 2 bridgehead atoms. The number of fused-ring (bicyclic) bond motifs is 1. The van der Waals surface area contributed by atoms with Crippen LogP contribution in [0.15, 0.2) is 48.5 Å². The van der Waals surface area contributed by atoms with Gasteiger partial charge in [0.05, 0.1) is 6.61 Å². The van der Waals surface area contributed by atoms with Gasteiger partial charge in [0.25, 0.3) is 0 Å². The summed E-state index contributed by atoms with van der Waals surface area (Å²) in [6.45, 7) is 1.26. The molecule has 1 aliphatic heterocycles. The molecule has 0 spiro atoms. The molecule has 2 fully saturated rings. The highest BCUT2D eigenvalue weighted by Crippen LogP contribution is 2.54. The molecule has 3 aliphatic rings. The minimum absolute atomic E-state index is 0.135. The molecule has 5 nitrogen and oxygen atoms in total. The standard InChI is InChI=1S/C26H31NO4/c28-25(29-15-11-19-6-2-1-3-7-19)31-18-30-21-10-9-20-16-24-22-8-4-5-12-26(22,13-14-27-24)23(20)17-21/h1-3,6-7,9-10,17,22,24,27H,4-5,8,11-16,18H2/t22-,24+,26+/m0/s1. The Hall–Kier alpha value is -2.53. The van der Waals surface area contributed by atoms with Gasteiger partial charge in [-0.05, 0) is 67.0 Å². The van der Waals surface area contributed by atoms with E-state index in [0.717, 1.165) is 30.2 Å². The largest absolute Gasteiger partial charge is 0.511 e. The molecule has 1 saturated carbocycles. The Morgan fingerprint density at radius 1 is 1.06 bits per heavy atom. The van der Waals surface area contributed by atoms with Crippen LogP contribution in [0.5, 0.6) is 5.75 Å². The van der Waals surface area contributed by atoms with Gasteiger partial charge in [0.15, 0.2) is 0 Å². The molecule has 1 heterocycles. The van der Waals surface area contributed by atoms with Crippen molar-refractivity contribution in [3.05, 3.63) is 65.2 Å². The van der Waals surface area contributed by atoms with Crippen LogP contribution in [-0.2, 0) is 27.7 Å². The van der Waals surface area contributed by atoms with Gasteiger partial charge in [-0.15, -0.1) is 0 Å². The topological polar surface area (TPSA) is 56.8 Å². The van der Waals surface area contributed by atoms with Crippen LogP contribution in [0.25, 0.3) is 0 Å². The summed E-state index contributed by atoms with van der Waals surface area (Å²) < 4.78 is 16.1. The second kappa shape index (κ2) is 8.91. The Kier molecular flexibility index (Phi) is 5.86. The third kappa shape index (κ3) is 4.16. The SMILES string of the molecule is O=C(OCCc1ccccc1)OCOc1ccc2c(c1)[C@@]13CCCC[C@H]1[C@@H](C2)NCC3. The Morgan fingerprint density at radius 3 is 2.87 bits per heavy atom. The normalized spacial score (nSPS) is 26.3. The van der Waals surface area contributed by atoms with Crippen molar-refractivity contribution in [3.8, 4) is 5.75 Å². The maximum atomic E-state index is 11.9. The van der Waals surface area contributed by atoms with E-state index in [1.54, 1.807) is 0 Å². The molecule has 2 aliphatic carbocycles. The van der Waals surface area contributed by atoms with Gasteiger partial charge in [-0.1, -0.05) is 49.2 Å². The van der Waals surface area contributed by atoms with Gasteiger partial charge in [0.1, 0.15) is 5.75 Å². The van der Waals surface area contributed by atoms with E-state index in [0.29, 0.717) is 24.5 Å². The molecule has 2 aromatic rings. The molecular formula is C26H31NO4. The summed E-state index contributed by atoms with van der Waals surface area (Å²) in [5.74, 6) is 1.50. The van der Waals surface area contributed by atoms with Crippen molar-refractivity contribution in [1.82, 2.24) is 5.32 Å². The first-order valence-corrected chi connectivity index (χ1v) is 11.6. The molecular weight excluding hydrogens is 390 g/mol. The fraction of sp³-hybridized carbons (Fsp3) is 0.500. The molecule has 1 N–H and O–H groups in total. The van der Waals surface area contributed by atoms with Crippen molar-refractivity contribution in [1.29, 1.82) is 0 Å². The minimum Gasteiger partial charge on any atom is -0.457 e. The maximum absolute atomic E-state index is 11.9. The van der Waals surface area contributed by atoms with Crippen LogP contribution in [0.3, 0.4) is 0 Å². The number of nitrogens with one attached hydrogen (secondary N) is 1. The lowest BCUT2D eigenvalue weighted by atomic mass is 9.53. The third-order valence-corrected chi connectivity index (χ3v) is 7.47. The second-order valence-corrected chi connectivity index (χ2v) is 9.08. The monoisotopic (exact) mass is 421 g/mol. The van der Waals surface area contributed by atoms with E-state index in [-0.39, 0.29) is 6.79 Å². The van der Waals surface area contributed by atoms with Crippen LogP contribution in [0.4, 0.5) is 4.79 Å². The van der Waals surface area contributed by atoms with E-state index in [1.807, 2.05) is 36.4 Å². The van der Waals surface area contributed by atoms with Crippen LogP contribution in [0.1, 0.15) is 48.8 Å². The lowest BCUT2D eigenvalue weighted by molar-refractivity contribution is 0.00490. The predicted octanol–water partition coefficient (Wildman–Crippen LogP) is 4.76. The second-order valence-electron chi connectivity index (χ2n) is 9.08. The fourth-order valence-electron chi connectivity index (χ4n) is 6.08. The zero-order valence-corrected chi connectivity index (χ0v) is 18.0. The number of hydrogen-bond acceptors (Lipinski definition) is 5. The lowest BCUT2D eigenvalue weighted by Crippen LogP contribution is -2.59. The van der Waals surface area contributed by atoms with Gasteiger partial charge in [-0.2, -0.15) is 0 Å². The zero-order chi connectivity index (χ0) is 21.1. The Bertz CT molecular complexity index is 911. The van der Waals surface area contributed by atoms with E-state index < -0.39 is 6.16 Å². The summed E-state index contributed by atoms with van der Waals surface area (Å²) in [6, 6.07) is 16.9. The van der Waals surface area contributed by atoms with Crippen LogP contribution in [-0.4, -0.2) is 32.1 Å². The van der Waals surface area contributed by atoms with E-state index in [2.05, 4.69) is 17.4 Å². The Morgan fingerprint density at radius 2 is 1.97 bits per heavy atom. The quantitative estimate of drug-likeness (QED) is 0.538. The first-order valence-electron chi connectivity index (χ1n) is 11.6. The van der Waals surface area contributed by atoms with Gasteiger partial charge in [-0.25, -0.2) is 4.79 Å². The molecule has 5 rings (SSSR count). The van der Waals surface area contributed by atoms with E-state index in [9.17, 15) is 4.79 Å². The summed E-state index contributed by atoms with van der Waals surface area (Å²) in [6.07, 6.45) is 7.53. The smallest absolute Gasteiger partial charge is 0.457 e. The summed E-state index contributed by atoms with van der Waals surface area (Å²) in [7, 11) is 0.